The van der Waals surface area contributed by atoms with E-state index in [4.69, 9.17) is 4.74 Å². The number of anilines is 1. The zero-order valence-electron chi connectivity index (χ0n) is 12.3. The summed E-state index contributed by atoms with van der Waals surface area (Å²) in [6.45, 7) is 3.31. The van der Waals surface area contributed by atoms with Crippen LogP contribution in [0.4, 0.5) is 5.69 Å². The highest BCUT2D eigenvalue weighted by Crippen LogP contribution is 2.11. The number of nitrogens with zero attached hydrogens (tertiary/aromatic N) is 1. The van der Waals surface area contributed by atoms with Gasteiger partial charge in [-0.1, -0.05) is 12.1 Å². The third kappa shape index (κ3) is 5.95. The number of carbonyl (C=O) groups is 2. The van der Waals surface area contributed by atoms with Gasteiger partial charge in [0.25, 0.3) is 0 Å². The molecule has 5 nitrogen and oxygen atoms in total. The van der Waals surface area contributed by atoms with Crippen LogP contribution in [-0.4, -0.2) is 50.4 Å². The number of likely N-dealkylation sites (N-methyl/N-ethyl adjacent to an activating group) is 1. The summed E-state index contributed by atoms with van der Waals surface area (Å²) < 4.78 is 4.97. The smallest absolute Gasteiger partial charge is 0.238 e. The van der Waals surface area contributed by atoms with Crippen molar-refractivity contribution in [3.8, 4) is 0 Å². The number of hydrogen-bond donors (Lipinski definition) is 1. The summed E-state index contributed by atoms with van der Waals surface area (Å²) in [4.78, 5) is 25.1. The second-order valence-electron chi connectivity index (χ2n) is 4.77. The minimum atomic E-state index is -0.0920. The van der Waals surface area contributed by atoms with Crippen molar-refractivity contribution in [1.82, 2.24) is 4.90 Å². The zero-order valence-corrected chi connectivity index (χ0v) is 12.3. The molecule has 5 heteroatoms. The number of nitrogens with one attached hydrogen (secondary N) is 1. The molecule has 0 fully saturated rings. The van der Waals surface area contributed by atoms with Crippen LogP contribution in [0.5, 0.6) is 0 Å². The van der Waals surface area contributed by atoms with Gasteiger partial charge in [-0.3, -0.25) is 14.5 Å². The number of rotatable bonds is 8. The Morgan fingerprint density at radius 2 is 2.10 bits per heavy atom. The van der Waals surface area contributed by atoms with E-state index in [0.717, 1.165) is 13.0 Å². The first-order valence-corrected chi connectivity index (χ1v) is 6.61. The molecule has 1 amide bonds. The fourth-order valence-electron chi connectivity index (χ4n) is 1.82. The van der Waals surface area contributed by atoms with E-state index in [1.54, 1.807) is 31.4 Å². The predicted molar refractivity (Wildman–Crippen MR) is 79.1 cm³/mol. The van der Waals surface area contributed by atoms with Crippen molar-refractivity contribution in [3.05, 3.63) is 29.8 Å². The van der Waals surface area contributed by atoms with Crippen LogP contribution >= 0.6 is 0 Å². The molecule has 0 aliphatic rings. The van der Waals surface area contributed by atoms with E-state index in [0.29, 0.717) is 24.4 Å². The lowest BCUT2D eigenvalue weighted by Crippen LogP contribution is -2.31. The van der Waals surface area contributed by atoms with E-state index < -0.39 is 0 Å². The molecule has 0 radical (unpaired) electrons. The zero-order chi connectivity index (χ0) is 15.0. The number of Topliss-reactive ketones (excluding diaryl/α,β-unsaturated/α-hetero) is 1. The Morgan fingerprint density at radius 3 is 2.75 bits per heavy atom. The van der Waals surface area contributed by atoms with Gasteiger partial charge in [-0.25, -0.2) is 0 Å². The largest absolute Gasteiger partial charge is 0.385 e. The molecule has 1 aromatic rings. The molecule has 1 aromatic carbocycles. The standard InChI is InChI=1S/C15H22N2O3/c1-12(18)13-6-4-7-14(10-13)16-15(19)11-17(2)8-5-9-20-3/h4,6-7,10H,5,8-9,11H2,1-3H3,(H,16,19). The number of amides is 1. The summed E-state index contributed by atoms with van der Waals surface area (Å²) in [5, 5.41) is 2.79. The molecule has 0 aromatic heterocycles. The third-order valence-corrected chi connectivity index (χ3v) is 2.85. The Labute approximate surface area is 119 Å². The van der Waals surface area contributed by atoms with Crippen molar-refractivity contribution in [2.75, 3.05) is 39.2 Å². The summed E-state index contributed by atoms with van der Waals surface area (Å²) >= 11 is 0. The molecule has 0 heterocycles. The fraction of sp³-hybridized carbons (Fsp3) is 0.467. The van der Waals surface area contributed by atoms with Crippen LogP contribution in [0.3, 0.4) is 0 Å². The van der Waals surface area contributed by atoms with E-state index in [2.05, 4.69) is 5.32 Å². The van der Waals surface area contributed by atoms with Crippen LogP contribution in [0.1, 0.15) is 23.7 Å². The lowest BCUT2D eigenvalue weighted by molar-refractivity contribution is -0.117. The molecule has 1 N–H and O–H groups in total. The average Bonchev–Trinajstić information content (AvgIpc) is 2.39. The maximum Gasteiger partial charge on any atom is 0.238 e. The highest BCUT2D eigenvalue weighted by molar-refractivity contribution is 5.97. The number of hydrogen-bond acceptors (Lipinski definition) is 4. The first kappa shape index (κ1) is 16.3. The van der Waals surface area contributed by atoms with Gasteiger partial charge in [0.2, 0.25) is 5.91 Å². The summed E-state index contributed by atoms with van der Waals surface area (Å²) in [6, 6.07) is 6.95. The molecule has 0 bridgehead atoms. The van der Waals surface area contributed by atoms with Crippen molar-refractivity contribution in [2.45, 2.75) is 13.3 Å². The van der Waals surface area contributed by atoms with Crippen molar-refractivity contribution in [3.63, 3.8) is 0 Å². The number of benzene rings is 1. The Balaban J connectivity index is 2.45. The van der Waals surface area contributed by atoms with Crippen LogP contribution in [0.15, 0.2) is 24.3 Å². The Hall–Kier alpha value is -1.72. The molecule has 0 aliphatic heterocycles. The van der Waals surface area contributed by atoms with Crippen LogP contribution < -0.4 is 5.32 Å². The van der Waals surface area contributed by atoms with E-state index in [9.17, 15) is 9.59 Å². The van der Waals surface area contributed by atoms with Crippen molar-refractivity contribution >= 4 is 17.4 Å². The first-order valence-electron chi connectivity index (χ1n) is 6.61. The number of ether oxygens (including phenoxy) is 1. The molecular formula is C15H22N2O3. The topological polar surface area (TPSA) is 58.6 Å². The lowest BCUT2D eigenvalue weighted by Gasteiger charge is -2.16. The third-order valence-electron chi connectivity index (χ3n) is 2.85. The van der Waals surface area contributed by atoms with Gasteiger partial charge in [-0.05, 0) is 32.5 Å². The normalized spacial score (nSPS) is 10.6. The number of methoxy groups -OCH3 is 1. The molecule has 0 spiro atoms. The molecule has 0 atom stereocenters. The SMILES string of the molecule is COCCCN(C)CC(=O)Nc1cccc(C(C)=O)c1. The summed E-state index contributed by atoms with van der Waals surface area (Å²) in [6.07, 6.45) is 0.889. The van der Waals surface area contributed by atoms with Gasteiger partial charge in [-0.15, -0.1) is 0 Å². The van der Waals surface area contributed by atoms with E-state index >= 15 is 0 Å². The lowest BCUT2D eigenvalue weighted by atomic mass is 10.1. The van der Waals surface area contributed by atoms with Crippen molar-refractivity contribution in [2.24, 2.45) is 0 Å². The summed E-state index contributed by atoms with van der Waals surface area (Å²) in [5.74, 6) is -0.108. The molecule has 0 saturated carbocycles. The quantitative estimate of drug-likeness (QED) is 0.582. The summed E-state index contributed by atoms with van der Waals surface area (Å²) in [7, 11) is 3.55. The van der Waals surface area contributed by atoms with Gasteiger partial charge in [0.05, 0.1) is 6.54 Å². The summed E-state index contributed by atoms with van der Waals surface area (Å²) in [5.41, 5.74) is 1.24. The van der Waals surface area contributed by atoms with Crippen LogP contribution in [0, 0.1) is 0 Å². The van der Waals surface area contributed by atoms with Crippen LogP contribution in [-0.2, 0) is 9.53 Å². The van der Waals surface area contributed by atoms with Crippen molar-refractivity contribution < 1.29 is 14.3 Å². The minimum Gasteiger partial charge on any atom is -0.385 e. The van der Waals surface area contributed by atoms with E-state index in [1.165, 1.54) is 6.92 Å². The maximum atomic E-state index is 11.9. The van der Waals surface area contributed by atoms with Crippen molar-refractivity contribution in [1.29, 1.82) is 0 Å². The number of ketones is 1. The minimum absolute atomic E-state index is 0.0159. The van der Waals surface area contributed by atoms with Crippen LogP contribution in [0.25, 0.3) is 0 Å². The van der Waals surface area contributed by atoms with Gasteiger partial charge in [0.15, 0.2) is 5.78 Å². The van der Waals surface area contributed by atoms with Gasteiger partial charge >= 0.3 is 0 Å². The Bertz CT molecular complexity index is 460. The van der Waals surface area contributed by atoms with Gasteiger partial charge < -0.3 is 10.1 Å². The molecule has 0 aliphatic carbocycles. The highest BCUT2D eigenvalue weighted by Gasteiger charge is 2.07. The molecule has 0 saturated heterocycles. The van der Waals surface area contributed by atoms with Gasteiger partial charge in [0, 0.05) is 31.5 Å². The average molecular weight is 278 g/mol. The number of carbonyl (C=O) groups excluding carboxylic acids is 2. The maximum absolute atomic E-state index is 11.9. The predicted octanol–water partition coefficient (Wildman–Crippen LogP) is 1.80. The molecule has 0 unspecified atom stereocenters. The second kappa shape index (κ2) is 8.45. The van der Waals surface area contributed by atoms with Gasteiger partial charge in [0.1, 0.15) is 0 Å². The highest BCUT2D eigenvalue weighted by atomic mass is 16.5. The van der Waals surface area contributed by atoms with E-state index in [-0.39, 0.29) is 11.7 Å². The van der Waals surface area contributed by atoms with Crippen LogP contribution in [0.2, 0.25) is 0 Å². The molecular weight excluding hydrogens is 256 g/mol. The second-order valence-corrected chi connectivity index (χ2v) is 4.77. The molecule has 20 heavy (non-hydrogen) atoms. The fourth-order valence-corrected chi connectivity index (χ4v) is 1.82. The molecule has 1 rings (SSSR count). The Kier molecular flexibility index (Phi) is 6.90. The monoisotopic (exact) mass is 278 g/mol. The Morgan fingerprint density at radius 1 is 1.35 bits per heavy atom. The van der Waals surface area contributed by atoms with Gasteiger partial charge in [-0.2, -0.15) is 0 Å². The first-order chi connectivity index (χ1) is 9.52. The molecule has 110 valence electrons. The van der Waals surface area contributed by atoms with E-state index in [1.807, 2.05) is 11.9 Å².